The molecule has 0 aromatic heterocycles. The molecule has 19 heavy (non-hydrogen) atoms. The molecule has 5 heteroatoms. The fourth-order valence-corrected chi connectivity index (χ4v) is 1.93. The van der Waals surface area contributed by atoms with Gasteiger partial charge in [-0.1, -0.05) is 6.07 Å². The second-order valence-corrected chi connectivity index (χ2v) is 5.08. The highest BCUT2D eigenvalue weighted by Gasteiger charge is 2.20. The first-order chi connectivity index (χ1) is 8.81. The van der Waals surface area contributed by atoms with Gasteiger partial charge >= 0.3 is 0 Å². The number of hydrogen-bond acceptors (Lipinski definition) is 3. The molecule has 1 aromatic rings. The van der Waals surface area contributed by atoms with E-state index >= 15 is 0 Å². The molecule has 3 nitrogen and oxygen atoms in total. The fourth-order valence-electron chi connectivity index (χ4n) is 1.93. The molecule has 2 atom stereocenters. The summed E-state index contributed by atoms with van der Waals surface area (Å²) in [6.45, 7) is 6.08. The Morgan fingerprint density at radius 3 is 2.21 bits per heavy atom. The first kappa shape index (κ1) is 16.0. The minimum atomic E-state index is -1.05. The van der Waals surface area contributed by atoms with E-state index in [4.69, 9.17) is 0 Å². The van der Waals surface area contributed by atoms with Crippen molar-refractivity contribution < 1.29 is 19.0 Å². The third kappa shape index (κ3) is 4.86. The zero-order valence-electron chi connectivity index (χ0n) is 11.5. The highest BCUT2D eigenvalue weighted by atomic mass is 19.1. The van der Waals surface area contributed by atoms with Gasteiger partial charge in [-0.15, -0.1) is 0 Å². The Bertz CT molecular complexity index is 410. The van der Waals surface area contributed by atoms with Crippen LogP contribution in [-0.2, 0) is 0 Å². The van der Waals surface area contributed by atoms with E-state index in [1.165, 1.54) is 6.07 Å². The van der Waals surface area contributed by atoms with Crippen LogP contribution >= 0.6 is 0 Å². The van der Waals surface area contributed by atoms with Gasteiger partial charge in [0.15, 0.2) is 0 Å². The van der Waals surface area contributed by atoms with Gasteiger partial charge in [0.05, 0.1) is 12.2 Å². The lowest BCUT2D eigenvalue weighted by atomic mass is 10.1. The predicted molar refractivity (Wildman–Crippen MR) is 69.7 cm³/mol. The lowest BCUT2D eigenvalue weighted by Crippen LogP contribution is -2.39. The van der Waals surface area contributed by atoms with E-state index < -0.39 is 23.8 Å². The van der Waals surface area contributed by atoms with Crippen LogP contribution in [-0.4, -0.2) is 40.3 Å². The molecule has 0 heterocycles. The maximum atomic E-state index is 13.5. The molecular weight excluding hydrogens is 252 g/mol. The van der Waals surface area contributed by atoms with Crippen LogP contribution in [0, 0.1) is 11.6 Å². The number of halogens is 2. The average molecular weight is 273 g/mol. The number of aliphatic hydroxyl groups excluding tert-OH is 2. The minimum Gasteiger partial charge on any atom is -0.392 e. The van der Waals surface area contributed by atoms with E-state index in [0.29, 0.717) is 6.54 Å². The van der Waals surface area contributed by atoms with Crippen molar-refractivity contribution in [1.29, 1.82) is 0 Å². The topological polar surface area (TPSA) is 43.7 Å². The highest BCUT2D eigenvalue weighted by Crippen LogP contribution is 2.20. The van der Waals surface area contributed by atoms with E-state index in [1.807, 2.05) is 18.7 Å². The quantitative estimate of drug-likeness (QED) is 0.834. The summed E-state index contributed by atoms with van der Waals surface area (Å²) in [5.41, 5.74) is 0.0673. The van der Waals surface area contributed by atoms with Crippen molar-refractivity contribution in [2.24, 2.45) is 0 Å². The lowest BCUT2D eigenvalue weighted by Gasteiger charge is -2.30. The zero-order valence-corrected chi connectivity index (χ0v) is 11.5. The summed E-state index contributed by atoms with van der Waals surface area (Å²) in [4.78, 5) is 1.85. The molecule has 0 aliphatic rings. The molecule has 1 aromatic carbocycles. The predicted octanol–water partition coefficient (Wildman–Crippen LogP) is 2.09. The zero-order chi connectivity index (χ0) is 14.6. The van der Waals surface area contributed by atoms with Gasteiger partial charge in [-0.2, -0.15) is 0 Å². The Kier molecular flexibility index (Phi) is 5.85. The van der Waals surface area contributed by atoms with Crippen LogP contribution in [0.15, 0.2) is 18.2 Å². The number of aliphatic hydroxyl groups is 2. The molecule has 2 unspecified atom stereocenters. The summed E-state index contributed by atoms with van der Waals surface area (Å²) in [6, 6.07) is 3.23. The summed E-state index contributed by atoms with van der Waals surface area (Å²) in [5.74, 6) is -1.42. The molecule has 0 spiro atoms. The third-order valence-electron chi connectivity index (χ3n) is 2.96. The number of hydrogen-bond donors (Lipinski definition) is 2. The van der Waals surface area contributed by atoms with Gasteiger partial charge in [0.25, 0.3) is 0 Å². The molecule has 0 amide bonds. The lowest BCUT2D eigenvalue weighted by molar-refractivity contribution is 0.0573. The Morgan fingerprint density at radius 1 is 1.11 bits per heavy atom. The average Bonchev–Trinajstić information content (AvgIpc) is 2.26. The van der Waals surface area contributed by atoms with Crippen molar-refractivity contribution in [1.82, 2.24) is 4.90 Å². The Hall–Kier alpha value is -1.04. The van der Waals surface area contributed by atoms with Crippen LogP contribution in [0.1, 0.15) is 32.4 Å². The molecule has 0 bridgehead atoms. The van der Waals surface area contributed by atoms with Crippen LogP contribution in [0.5, 0.6) is 0 Å². The van der Waals surface area contributed by atoms with Crippen LogP contribution in [0.3, 0.4) is 0 Å². The van der Waals surface area contributed by atoms with E-state index in [9.17, 15) is 19.0 Å². The summed E-state index contributed by atoms with van der Waals surface area (Å²) < 4.78 is 26.4. The monoisotopic (exact) mass is 273 g/mol. The SMILES string of the molecule is CC(O)CN(CC(O)c1ccc(F)cc1F)C(C)C. The summed E-state index contributed by atoms with van der Waals surface area (Å²) in [5, 5.41) is 19.4. The molecule has 0 saturated heterocycles. The number of benzene rings is 1. The third-order valence-corrected chi connectivity index (χ3v) is 2.96. The molecule has 1 rings (SSSR count). The van der Waals surface area contributed by atoms with Crippen molar-refractivity contribution in [3.05, 3.63) is 35.4 Å². The van der Waals surface area contributed by atoms with E-state index in [2.05, 4.69) is 0 Å². The summed E-state index contributed by atoms with van der Waals surface area (Å²) >= 11 is 0. The smallest absolute Gasteiger partial charge is 0.131 e. The molecule has 0 aliphatic heterocycles. The van der Waals surface area contributed by atoms with Gasteiger partial charge in [0, 0.05) is 30.8 Å². The number of nitrogens with zero attached hydrogens (tertiary/aromatic N) is 1. The Balaban J connectivity index is 2.78. The maximum absolute atomic E-state index is 13.5. The van der Waals surface area contributed by atoms with E-state index in [1.54, 1.807) is 6.92 Å². The van der Waals surface area contributed by atoms with Gasteiger partial charge in [0.2, 0.25) is 0 Å². The molecule has 0 saturated carbocycles. The molecule has 0 radical (unpaired) electrons. The van der Waals surface area contributed by atoms with E-state index in [0.717, 1.165) is 12.1 Å². The van der Waals surface area contributed by atoms with Gasteiger partial charge in [0.1, 0.15) is 11.6 Å². The fraction of sp³-hybridized carbons (Fsp3) is 0.571. The Morgan fingerprint density at radius 2 is 1.74 bits per heavy atom. The van der Waals surface area contributed by atoms with Crippen molar-refractivity contribution in [2.45, 2.75) is 39.0 Å². The van der Waals surface area contributed by atoms with Crippen molar-refractivity contribution in [2.75, 3.05) is 13.1 Å². The maximum Gasteiger partial charge on any atom is 0.131 e. The van der Waals surface area contributed by atoms with Crippen molar-refractivity contribution >= 4 is 0 Å². The van der Waals surface area contributed by atoms with E-state index in [-0.39, 0.29) is 18.2 Å². The molecule has 108 valence electrons. The van der Waals surface area contributed by atoms with Gasteiger partial charge in [-0.05, 0) is 26.8 Å². The van der Waals surface area contributed by atoms with Gasteiger partial charge in [-0.3, -0.25) is 4.90 Å². The number of rotatable bonds is 6. The summed E-state index contributed by atoms with van der Waals surface area (Å²) in [6.07, 6.45) is -1.59. The minimum absolute atomic E-state index is 0.0673. The highest BCUT2D eigenvalue weighted by molar-refractivity contribution is 5.21. The van der Waals surface area contributed by atoms with Crippen molar-refractivity contribution in [3.8, 4) is 0 Å². The molecule has 2 N–H and O–H groups in total. The van der Waals surface area contributed by atoms with Crippen LogP contribution < -0.4 is 0 Å². The normalized spacial score (nSPS) is 15.0. The second kappa shape index (κ2) is 6.93. The Labute approximate surface area is 112 Å². The molecular formula is C14H21F2NO2. The van der Waals surface area contributed by atoms with Gasteiger partial charge < -0.3 is 10.2 Å². The van der Waals surface area contributed by atoms with Gasteiger partial charge in [-0.25, -0.2) is 8.78 Å². The first-order valence-electron chi connectivity index (χ1n) is 6.36. The first-order valence-corrected chi connectivity index (χ1v) is 6.36. The largest absolute Gasteiger partial charge is 0.392 e. The van der Waals surface area contributed by atoms with Crippen LogP contribution in [0.2, 0.25) is 0 Å². The second-order valence-electron chi connectivity index (χ2n) is 5.08. The molecule has 0 aliphatic carbocycles. The standard InChI is InChI=1S/C14H21F2NO2/c1-9(2)17(7-10(3)18)8-14(19)12-5-4-11(15)6-13(12)16/h4-6,9-10,14,18-19H,7-8H2,1-3H3. The molecule has 0 fully saturated rings. The van der Waals surface area contributed by atoms with Crippen molar-refractivity contribution in [3.63, 3.8) is 0 Å². The van der Waals surface area contributed by atoms with Crippen LogP contribution in [0.25, 0.3) is 0 Å². The summed E-state index contributed by atoms with van der Waals surface area (Å²) in [7, 11) is 0. The van der Waals surface area contributed by atoms with Crippen LogP contribution in [0.4, 0.5) is 8.78 Å².